The number of hydrogen-bond acceptors (Lipinski definition) is 4. The molecule has 1 aromatic rings. The summed E-state index contributed by atoms with van der Waals surface area (Å²) in [5.74, 6) is 2.33. The lowest BCUT2D eigenvalue weighted by atomic mass is 10.1. The summed E-state index contributed by atoms with van der Waals surface area (Å²) in [7, 11) is 1.56. The predicted molar refractivity (Wildman–Crippen MR) is 80.9 cm³/mol. The standard InChI is InChI=1S/C14H16ClNO4S/c1-5-6-16-14(17)11(4)20-12-7-9(2)13(10(3)8-12)21(15,18)19/h1,7-8,11H,6H2,2-4H3,(H,16,17). The number of hydrogen-bond donors (Lipinski definition) is 1. The van der Waals surface area contributed by atoms with Gasteiger partial charge in [0, 0.05) is 10.7 Å². The molecule has 0 bridgehead atoms. The summed E-state index contributed by atoms with van der Waals surface area (Å²) in [5, 5.41) is 2.50. The molecule has 1 aromatic carbocycles. The minimum atomic E-state index is -3.82. The molecule has 1 rings (SSSR count). The number of carbonyl (C=O) groups is 1. The topological polar surface area (TPSA) is 72.5 Å². The molecule has 0 aliphatic heterocycles. The molecule has 0 aromatic heterocycles. The highest BCUT2D eigenvalue weighted by Gasteiger charge is 2.19. The van der Waals surface area contributed by atoms with Crippen molar-refractivity contribution in [1.29, 1.82) is 0 Å². The Kier molecular flexibility index (Phi) is 5.64. The van der Waals surface area contributed by atoms with Crippen molar-refractivity contribution in [3.05, 3.63) is 23.3 Å². The molecule has 1 atom stereocenters. The van der Waals surface area contributed by atoms with Gasteiger partial charge in [0.2, 0.25) is 0 Å². The van der Waals surface area contributed by atoms with E-state index < -0.39 is 15.2 Å². The van der Waals surface area contributed by atoms with Gasteiger partial charge in [0.05, 0.1) is 11.4 Å². The first kappa shape index (κ1) is 17.3. The monoisotopic (exact) mass is 329 g/mol. The van der Waals surface area contributed by atoms with Crippen LogP contribution in [0.2, 0.25) is 0 Å². The van der Waals surface area contributed by atoms with Gasteiger partial charge in [-0.3, -0.25) is 4.79 Å². The summed E-state index contributed by atoms with van der Waals surface area (Å²) >= 11 is 0. The minimum absolute atomic E-state index is 0.0564. The number of carbonyl (C=O) groups excluding carboxylic acids is 1. The summed E-state index contributed by atoms with van der Waals surface area (Å²) in [6, 6.07) is 3.04. The Morgan fingerprint density at radius 1 is 1.43 bits per heavy atom. The van der Waals surface area contributed by atoms with Crippen molar-refractivity contribution in [2.45, 2.75) is 31.8 Å². The number of halogens is 1. The maximum absolute atomic E-state index is 11.7. The zero-order valence-corrected chi connectivity index (χ0v) is 13.5. The molecule has 1 amide bonds. The molecule has 0 heterocycles. The summed E-state index contributed by atoms with van der Waals surface area (Å²) in [6.07, 6.45) is 4.30. The molecule has 0 aliphatic rings. The van der Waals surface area contributed by atoms with Gasteiger partial charge in [-0.05, 0) is 44.0 Å². The number of amides is 1. The summed E-state index contributed by atoms with van der Waals surface area (Å²) < 4.78 is 28.4. The van der Waals surface area contributed by atoms with Crippen molar-refractivity contribution < 1.29 is 17.9 Å². The van der Waals surface area contributed by atoms with E-state index in [0.29, 0.717) is 16.9 Å². The van der Waals surface area contributed by atoms with Crippen LogP contribution in [0.5, 0.6) is 5.75 Å². The van der Waals surface area contributed by atoms with Crippen molar-refractivity contribution in [3.8, 4) is 18.1 Å². The lowest BCUT2D eigenvalue weighted by Crippen LogP contribution is -2.36. The van der Waals surface area contributed by atoms with E-state index in [9.17, 15) is 13.2 Å². The highest BCUT2D eigenvalue weighted by Crippen LogP contribution is 2.28. The predicted octanol–water partition coefficient (Wildman–Crippen LogP) is 1.75. The van der Waals surface area contributed by atoms with Crippen LogP contribution in [-0.4, -0.2) is 27.0 Å². The Labute approximate surface area is 129 Å². The Balaban J connectivity index is 2.98. The van der Waals surface area contributed by atoms with Crippen LogP contribution in [0.3, 0.4) is 0 Å². The Hall–Kier alpha value is -1.71. The average molecular weight is 330 g/mol. The van der Waals surface area contributed by atoms with Crippen LogP contribution in [0.15, 0.2) is 17.0 Å². The number of terminal acetylenes is 1. The second-order valence-corrected chi connectivity index (χ2v) is 7.01. The molecule has 0 aliphatic carbocycles. The average Bonchev–Trinajstić information content (AvgIpc) is 2.32. The molecular weight excluding hydrogens is 314 g/mol. The van der Waals surface area contributed by atoms with Crippen molar-refractivity contribution in [2.24, 2.45) is 0 Å². The van der Waals surface area contributed by atoms with Gasteiger partial charge in [0.1, 0.15) is 5.75 Å². The first-order chi connectivity index (χ1) is 9.66. The van der Waals surface area contributed by atoms with E-state index in [1.165, 1.54) is 12.1 Å². The smallest absolute Gasteiger partial charge is 0.261 e. The van der Waals surface area contributed by atoms with E-state index in [1.807, 2.05) is 0 Å². The fraction of sp³-hybridized carbons (Fsp3) is 0.357. The zero-order chi connectivity index (χ0) is 16.2. The van der Waals surface area contributed by atoms with Crippen LogP contribution in [0.1, 0.15) is 18.1 Å². The Bertz CT molecular complexity index is 668. The molecule has 21 heavy (non-hydrogen) atoms. The second kappa shape index (κ2) is 6.83. The third-order valence-electron chi connectivity index (χ3n) is 2.72. The lowest BCUT2D eigenvalue weighted by molar-refractivity contribution is -0.127. The molecule has 1 N–H and O–H groups in total. The third kappa shape index (κ3) is 4.66. The molecule has 7 heteroatoms. The third-order valence-corrected chi connectivity index (χ3v) is 4.32. The number of ether oxygens (including phenoxy) is 1. The number of rotatable bonds is 5. The van der Waals surface area contributed by atoms with E-state index in [0.717, 1.165) is 0 Å². The first-order valence-electron chi connectivity index (χ1n) is 6.10. The van der Waals surface area contributed by atoms with Crippen LogP contribution in [0.25, 0.3) is 0 Å². The van der Waals surface area contributed by atoms with Gasteiger partial charge in [-0.2, -0.15) is 0 Å². The van der Waals surface area contributed by atoms with E-state index in [4.69, 9.17) is 21.8 Å². The molecule has 114 valence electrons. The van der Waals surface area contributed by atoms with Gasteiger partial charge in [0.25, 0.3) is 15.0 Å². The fourth-order valence-corrected chi connectivity index (χ4v) is 3.52. The molecule has 5 nitrogen and oxygen atoms in total. The molecule has 0 saturated heterocycles. The molecule has 0 fully saturated rings. The highest BCUT2D eigenvalue weighted by molar-refractivity contribution is 8.13. The molecule has 0 saturated carbocycles. The maximum atomic E-state index is 11.7. The molecule has 1 unspecified atom stereocenters. The lowest BCUT2D eigenvalue weighted by Gasteiger charge is -2.16. The molecule has 0 radical (unpaired) electrons. The zero-order valence-electron chi connectivity index (χ0n) is 11.9. The van der Waals surface area contributed by atoms with Gasteiger partial charge in [-0.25, -0.2) is 8.42 Å². The Morgan fingerprint density at radius 3 is 2.38 bits per heavy atom. The van der Waals surface area contributed by atoms with E-state index in [2.05, 4.69) is 11.2 Å². The molecule has 0 spiro atoms. The van der Waals surface area contributed by atoms with E-state index in [1.54, 1.807) is 20.8 Å². The van der Waals surface area contributed by atoms with Crippen LogP contribution in [-0.2, 0) is 13.8 Å². The van der Waals surface area contributed by atoms with Crippen LogP contribution in [0.4, 0.5) is 0 Å². The van der Waals surface area contributed by atoms with Crippen molar-refractivity contribution >= 4 is 25.6 Å². The van der Waals surface area contributed by atoms with E-state index in [-0.39, 0.29) is 17.3 Å². The highest BCUT2D eigenvalue weighted by atomic mass is 35.7. The summed E-state index contributed by atoms with van der Waals surface area (Å²) in [6.45, 7) is 4.91. The Morgan fingerprint density at radius 2 is 1.95 bits per heavy atom. The first-order valence-corrected chi connectivity index (χ1v) is 8.41. The van der Waals surface area contributed by atoms with Crippen LogP contribution >= 0.6 is 10.7 Å². The van der Waals surface area contributed by atoms with Crippen molar-refractivity contribution in [3.63, 3.8) is 0 Å². The number of aryl methyl sites for hydroxylation is 2. The fourth-order valence-electron chi connectivity index (χ4n) is 1.90. The van der Waals surface area contributed by atoms with Crippen molar-refractivity contribution in [2.75, 3.05) is 6.54 Å². The maximum Gasteiger partial charge on any atom is 0.261 e. The van der Waals surface area contributed by atoms with Gasteiger partial charge in [-0.15, -0.1) is 6.42 Å². The number of benzene rings is 1. The summed E-state index contributed by atoms with van der Waals surface area (Å²) in [4.78, 5) is 11.7. The largest absolute Gasteiger partial charge is 0.481 e. The van der Waals surface area contributed by atoms with Crippen LogP contribution in [0, 0.1) is 26.2 Å². The summed E-state index contributed by atoms with van der Waals surface area (Å²) in [5.41, 5.74) is 0.910. The SMILES string of the molecule is C#CCNC(=O)C(C)Oc1cc(C)c(S(=O)(=O)Cl)c(C)c1. The normalized spacial score (nSPS) is 12.3. The minimum Gasteiger partial charge on any atom is -0.481 e. The van der Waals surface area contributed by atoms with Gasteiger partial charge in [-0.1, -0.05) is 5.92 Å². The van der Waals surface area contributed by atoms with Gasteiger partial charge >= 0.3 is 0 Å². The van der Waals surface area contributed by atoms with Gasteiger partial charge < -0.3 is 10.1 Å². The van der Waals surface area contributed by atoms with Crippen molar-refractivity contribution in [1.82, 2.24) is 5.32 Å². The van der Waals surface area contributed by atoms with Crippen LogP contribution < -0.4 is 10.1 Å². The quantitative estimate of drug-likeness (QED) is 0.660. The molecular formula is C14H16ClNO4S. The number of nitrogens with one attached hydrogen (secondary N) is 1. The van der Waals surface area contributed by atoms with E-state index >= 15 is 0 Å². The van der Waals surface area contributed by atoms with Gasteiger partial charge in [0.15, 0.2) is 6.10 Å². The second-order valence-electron chi connectivity index (χ2n) is 4.51.